The summed E-state index contributed by atoms with van der Waals surface area (Å²) in [4.78, 5) is 27.8. The Morgan fingerprint density at radius 2 is 0.674 bits per heavy atom. The second-order valence-electron chi connectivity index (χ2n) is 39.2. The number of fused-ring (bicyclic) bond motifs is 4. The van der Waals surface area contributed by atoms with Gasteiger partial charge >= 0.3 is 0 Å². The van der Waals surface area contributed by atoms with Crippen molar-refractivity contribution in [2.75, 3.05) is 116 Å². The molecule has 8 aromatic carbocycles. The van der Waals surface area contributed by atoms with Gasteiger partial charge in [-0.2, -0.15) is 15.3 Å². The fourth-order valence-electron chi connectivity index (χ4n) is 18.4. The average molecular weight is 1960 g/mol. The van der Waals surface area contributed by atoms with Crippen molar-refractivity contribution in [3.05, 3.63) is 211 Å². The molecule has 5 fully saturated rings. The summed E-state index contributed by atoms with van der Waals surface area (Å²) in [6.45, 7) is 40.5. The number of likely N-dealkylation sites (tertiary alicyclic amines) is 2. The quantitative estimate of drug-likeness (QED) is 0.0356. The second-order valence-corrected chi connectivity index (χ2v) is 46.6. The molecule has 9 heterocycles. The molecule has 0 spiro atoms. The third-order valence-corrected chi connectivity index (χ3v) is 33.7. The molecule has 28 nitrogen and oxygen atoms in total. The molecule has 32 heteroatoms. The summed E-state index contributed by atoms with van der Waals surface area (Å²) >= 11 is 0. The molecule has 2 atom stereocenters. The molecule has 17 rings (SSSR count). The van der Waals surface area contributed by atoms with Crippen LogP contribution < -0.4 is 22.0 Å². The van der Waals surface area contributed by atoms with Gasteiger partial charge in [0.05, 0.1) is 102 Å². The Bertz CT molecular complexity index is 6580. The summed E-state index contributed by atoms with van der Waals surface area (Å²) in [5.74, 6) is 3.47. The first kappa shape index (κ1) is 103. The van der Waals surface area contributed by atoms with E-state index < -0.39 is 40.1 Å². The number of sulfonamides is 4. The van der Waals surface area contributed by atoms with E-state index >= 15 is 0 Å². The van der Waals surface area contributed by atoms with Crippen LogP contribution in [0.2, 0.25) is 0 Å². The molecule has 12 aromatic rings. The van der Waals surface area contributed by atoms with E-state index in [0.717, 1.165) is 187 Å². The zero-order valence-electron chi connectivity index (χ0n) is 82.7. The van der Waals surface area contributed by atoms with E-state index in [1.165, 1.54) is 39.5 Å². The van der Waals surface area contributed by atoms with Crippen LogP contribution in [0.5, 0.6) is 5.88 Å². The topological polar surface area (TPSA) is 298 Å². The number of hydrogen-bond acceptors (Lipinski definition) is 18. The van der Waals surface area contributed by atoms with Crippen molar-refractivity contribution in [3.63, 3.8) is 0 Å². The Hall–Kier alpha value is -10.7. The second kappa shape index (κ2) is 46.1. The minimum Gasteiger partial charge on any atom is -0.476 e. The van der Waals surface area contributed by atoms with Crippen molar-refractivity contribution in [1.82, 2.24) is 48.9 Å². The monoisotopic (exact) mass is 1960 g/mol. The number of anilines is 4. The molecule has 742 valence electrons. The van der Waals surface area contributed by atoms with E-state index in [4.69, 9.17) is 24.0 Å². The lowest BCUT2D eigenvalue weighted by atomic mass is 10.0. The molecule has 0 bridgehead atoms. The molecule has 2 unspecified atom stereocenters. The molecule has 5 aliphatic heterocycles. The molecule has 5 saturated heterocycles. The average Bonchev–Trinajstić information content (AvgIpc) is 1.63. The number of aryl methyl sites for hydroxylation is 4. The minimum atomic E-state index is -3.82. The lowest BCUT2D eigenvalue weighted by Crippen LogP contribution is -2.50. The van der Waals surface area contributed by atoms with Crippen LogP contribution in [-0.4, -0.2) is 193 Å². The zero-order chi connectivity index (χ0) is 98.3. The van der Waals surface area contributed by atoms with Gasteiger partial charge < -0.3 is 28.7 Å². The van der Waals surface area contributed by atoms with Crippen molar-refractivity contribution in [1.29, 1.82) is 0 Å². The molecule has 0 N–H and O–H groups in total. The number of ether oxygens (including phenoxy) is 4. The maximum Gasteiger partial charge on any atom is 0.264 e. The van der Waals surface area contributed by atoms with Crippen LogP contribution in [-0.2, 0) is 116 Å². The molecule has 0 radical (unpaired) electrons. The summed E-state index contributed by atoms with van der Waals surface area (Å²) in [6.07, 6.45) is 14.7. The predicted molar refractivity (Wildman–Crippen MR) is 547 cm³/mol. The fourth-order valence-corrected chi connectivity index (χ4v) is 25.0. The summed E-state index contributed by atoms with van der Waals surface area (Å²) in [6, 6.07) is 52.3. The van der Waals surface area contributed by atoms with Crippen molar-refractivity contribution >= 4 is 118 Å². The highest BCUT2D eigenvalue weighted by molar-refractivity contribution is 7.93. The van der Waals surface area contributed by atoms with Crippen LogP contribution in [0.15, 0.2) is 208 Å². The predicted octanol–water partition coefficient (Wildman–Crippen LogP) is 18.4. The Labute approximate surface area is 816 Å². The molecular formula is C106H140N14O14S4. The molecular weight excluding hydrogens is 1820 g/mol. The molecule has 4 aromatic heterocycles. The maximum atomic E-state index is 14.1. The van der Waals surface area contributed by atoms with Gasteiger partial charge in [-0.1, -0.05) is 132 Å². The van der Waals surface area contributed by atoms with Gasteiger partial charge in [-0.05, 0) is 249 Å². The number of rotatable bonds is 35. The lowest BCUT2D eigenvalue weighted by Gasteiger charge is -2.38. The van der Waals surface area contributed by atoms with Gasteiger partial charge in [0.1, 0.15) is 0 Å². The largest absolute Gasteiger partial charge is 0.476 e. The third-order valence-electron chi connectivity index (χ3n) is 26.6. The van der Waals surface area contributed by atoms with Crippen molar-refractivity contribution in [2.45, 2.75) is 207 Å². The number of amides is 2. The zero-order valence-corrected chi connectivity index (χ0v) is 86.0. The van der Waals surface area contributed by atoms with E-state index in [2.05, 4.69) is 43.0 Å². The summed E-state index contributed by atoms with van der Waals surface area (Å²) in [7, 11) is -15.0. The Morgan fingerprint density at radius 3 is 1.01 bits per heavy atom. The molecule has 138 heavy (non-hydrogen) atoms. The lowest BCUT2D eigenvalue weighted by molar-refractivity contribution is -0.135. The number of nitrogens with zero attached hydrogens (tertiary/aromatic N) is 14. The Kier molecular flexibility index (Phi) is 34.5. The van der Waals surface area contributed by atoms with Crippen LogP contribution in [0.3, 0.4) is 0 Å². The maximum absolute atomic E-state index is 14.1. The first-order valence-corrected chi connectivity index (χ1v) is 55.1. The van der Waals surface area contributed by atoms with E-state index in [0.29, 0.717) is 109 Å². The summed E-state index contributed by atoms with van der Waals surface area (Å²) in [5.41, 5.74) is 11.1. The Balaban J connectivity index is 0.000000148. The van der Waals surface area contributed by atoms with E-state index in [9.17, 15) is 43.3 Å². The normalized spacial score (nSPS) is 16.4. The molecule has 0 saturated carbocycles. The number of carbonyl (C=O) groups is 2. The van der Waals surface area contributed by atoms with Gasteiger partial charge in [0, 0.05) is 153 Å². The smallest absolute Gasteiger partial charge is 0.264 e. The number of aromatic nitrogens is 8. The summed E-state index contributed by atoms with van der Waals surface area (Å²) < 4.78 is 147. The third kappa shape index (κ3) is 25.2. The minimum absolute atomic E-state index is 0.0988. The van der Waals surface area contributed by atoms with Crippen molar-refractivity contribution in [3.8, 4) is 5.88 Å². The first-order chi connectivity index (χ1) is 66.1. The van der Waals surface area contributed by atoms with E-state index in [1.807, 2.05) is 205 Å². The van der Waals surface area contributed by atoms with Gasteiger partial charge in [-0.15, -0.1) is 5.10 Å². The van der Waals surface area contributed by atoms with Crippen LogP contribution >= 0.6 is 0 Å². The molecule has 2 amide bonds. The fraction of sp³-hybridized carbons (Fsp3) is 0.491. The van der Waals surface area contributed by atoms with Crippen molar-refractivity contribution < 1.29 is 62.2 Å². The van der Waals surface area contributed by atoms with Crippen LogP contribution in [0.25, 0.3) is 43.6 Å². The molecule has 0 aliphatic carbocycles. The highest BCUT2D eigenvalue weighted by Crippen LogP contribution is 2.38. The van der Waals surface area contributed by atoms with Gasteiger partial charge in [-0.3, -0.25) is 45.5 Å². The first-order valence-electron chi connectivity index (χ1n) is 49.3. The van der Waals surface area contributed by atoms with Gasteiger partial charge in [0.2, 0.25) is 17.7 Å². The van der Waals surface area contributed by atoms with Crippen LogP contribution in [0.4, 0.5) is 22.7 Å². The number of carbonyl (C=O) groups excluding carboxylic acids is 2. The highest BCUT2D eigenvalue weighted by atomic mass is 32.2. The Morgan fingerprint density at radius 1 is 0.362 bits per heavy atom. The van der Waals surface area contributed by atoms with Gasteiger partial charge in [0.15, 0.2) is 0 Å². The molecule has 5 aliphatic rings. The highest BCUT2D eigenvalue weighted by Gasteiger charge is 2.36. The standard InChI is InChI=1S/C31H43N3O5S.C26H34N4O3S.C25H32N4O3S.C24H31N3O3S/c1-4-24-5-7-27(8-6-24)34(20-23(2)3)40(35,36)28-9-10-30-29(19-28)31(39-22-26-13-17-38-18-14-26)32-33(30)21-25-11-15-37-16-12-25;1-5-21-6-8-24(9-7-21)30(16-19(2)3)34(32,33)25-10-11-26-23(14-25)15-27-29(26)18-22-12-13-28(17-22)20(4)31;1-5-20-6-8-23(9-7-20)29(14-18(2)3)33(31,32)24-10-11-25-22(12-24)13-26-28(25)17-21-15-27(16-21)19(4)30;1-4-19-5-7-22(8-6-19)27(15-18(2)3)31(28,29)23-9-10-24-21(13-23)14-25-26(24)16-20-11-12-30-17-20/h5-10,19,23,25-26H,4,11-18,20-22H2,1-3H3;6-11,14-15,19,22H,5,12-13,16-18H2,1-4H3;6-13,18,21H,5,14-17H2,1-4H3;5-10,13-14,18,20H,4,11-12,15-17H2,1-3H3. The van der Waals surface area contributed by atoms with Crippen LogP contribution in [0.1, 0.15) is 158 Å². The number of benzene rings is 8. The van der Waals surface area contributed by atoms with E-state index in [-0.39, 0.29) is 50.2 Å². The SMILES string of the molecule is CCc1ccc(N(CC(C)C)S(=O)(=O)c2ccc3c(c2)c(OCC2CCOCC2)nn3CC2CCOCC2)cc1.CCc1ccc(N(CC(C)C)S(=O)(=O)c2ccc3c(cnn3CC3CCN(C(C)=O)C3)c2)cc1.CCc1ccc(N(CC(C)C)S(=O)(=O)c2ccc3c(cnn3CC3CCOC3)c2)cc1.CCc1ccc(N(CC(C)C)S(=O)(=O)c2ccc3c(cnn3CC3CN(C(C)=O)C3)c2)cc1. The van der Waals surface area contributed by atoms with Crippen molar-refractivity contribution in [2.24, 2.45) is 53.3 Å². The van der Waals surface area contributed by atoms with E-state index in [1.54, 1.807) is 81.0 Å². The van der Waals surface area contributed by atoms with Gasteiger partial charge in [0.25, 0.3) is 40.1 Å². The van der Waals surface area contributed by atoms with Crippen LogP contribution in [0, 0.1) is 53.3 Å². The van der Waals surface area contributed by atoms with Gasteiger partial charge in [-0.25, -0.2) is 33.7 Å². The summed E-state index contributed by atoms with van der Waals surface area (Å²) in [5, 5.41) is 21.6. The number of hydrogen-bond donors (Lipinski definition) is 0.